The molecule has 6 heteroatoms. The zero-order valence-electron chi connectivity index (χ0n) is 37.8. The lowest BCUT2D eigenvalue weighted by molar-refractivity contribution is -0.146. The van der Waals surface area contributed by atoms with Gasteiger partial charge in [0.2, 0.25) is 0 Å². The maximum atomic E-state index is 12.4. The normalized spacial score (nSPS) is 14.1. The predicted molar refractivity (Wildman–Crippen MR) is 237 cm³/mol. The first-order chi connectivity index (χ1) is 26.9. The molecule has 1 aliphatic rings. The first-order valence-corrected chi connectivity index (χ1v) is 24.6. The van der Waals surface area contributed by atoms with Gasteiger partial charge in [0.15, 0.2) is 0 Å². The van der Waals surface area contributed by atoms with Crippen LogP contribution in [0.1, 0.15) is 233 Å². The summed E-state index contributed by atoms with van der Waals surface area (Å²) in [5, 5.41) is 0. The molecular weight excluding hydrogens is 681 g/mol. The zero-order chi connectivity index (χ0) is 40.0. The second kappa shape index (κ2) is 38.4. The third kappa shape index (κ3) is 32.5. The Hall–Kier alpha value is -1.14. The highest BCUT2D eigenvalue weighted by Crippen LogP contribution is 2.24. The number of hydrogen-bond acceptors (Lipinski definition) is 6. The van der Waals surface area contributed by atoms with E-state index in [1.54, 1.807) is 0 Å². The molecule has 1 rings (SSSR count). The Morgan fingerprint density at radius 3 is 1.07 bits per heavy atom. The molecule has 0 unspecified atom stereocenters. The third-order valence-electron chi connectivity index (χ3n) is 12.4. The van der Waals surface area contributed by atoms with Crippen LogP contribution in [0.5, 0.6) is 0 Å². The van der Waals surface area contributed by atoms with E-state index < -0.39 is 0 Å². The number of rotatable bonds is 40. The summed E-state index contributed by atoms with van der Waals surface area (Å²) < 4.78 is 11.2. The van der Waals surface area contributed by atoms with Crippen LogP contribution in [0.3, 0.4) is 0 Å². The van der Waals surface area contributed by atoms with E-state index in [4.69, 9.17) is 9.47 Å². The van der Waals surface area contributed by atoms with Gasteiger partial charge in [-0.15, -0.1) is 0 Å². The molecule has 0 aromatic rings. The number of unbranched alkanes of at least 4 members (excludes halogenated alkanes) is 18. The van der Waals surface area contributed by atoms with Crippen LogP contribution in [-0.2, 0) is 19.1 Å². The highest BCUT2D eigenvalue weighted by Gasteiger charge is 2.19. The van der Waals surface area contributed by atoms with Crippen molar-refractivity contribution in [1.29, 1.82) is 0 Å². The molecule has 1 fully saturated rings. The summed E-state index contributed by atoms with van der Waals surface area (Å²) in [5.74, 6) is 1.96. The summed E-state index contributed by atoms with van der Waals surface area (Å²) in [6.07, 6.45) is 39.0. The van der Waals surface area contributed by atoms with E-state index >= 15 is 0 Å². The van der Waals surface area contributed by atoms with Crippen molar-refractivity contribution >= 4 is 11.9 Å². The van der Waals surface area contributed by atoms with Crippen LogP contribution in [0.2, 0.25) is 0 Å². The van der Waals surface area contributed by atoms with Crippen LogP contribution < -0.4 is 0 Å². The average Bonchev–Trinajstić information content (AvgIpc) is 3.18. The summed E-state index contributed by atoms with van der Waals surface area (Å²) in [5.41, 5.74) is 0. The van der Waals surface area contributed by atoms with Gasteiger partial charge in [-0.05, 0) is 76.2 Å². The monoisotopic (exact) mass is 777 g/mol. The summed E-state index contributed by atoms with van der Waals surface area (Å²) in [7, 11) is 2.26. The molecule has 0 aliphatic carbocycles. The molecule has 0 radical (unpaired) electrons. The molecule has 0 amide bonds. The minimum absolute atomic E-state index is 0.0332. The van der Waals surface area contributed by atoms with E-state index in [1.165, 1.54) is 213 Å². The molecule has 0 aromatic heterocycles. The SMILES string of the molecule is CCCCC(CCCC)CC(=O)OCCCCCCCCCCC(CCCCCCCCCCOC(=O)CC(CCCC)CCCC)CN1CCN(C)CC1. The molecule has 0 aromatic carbocycles. The van der Waals surface area contributed by atoms with Gasteiger partial charge in [-0.3, -0.25) is 9.59 Å². The number of ether oxygens (including phenoxy) is 2. The van der Waals surface area contributed by atoms with Crippen molar-refractivity contribution in [3.63, 3.8) is 0 Å². The quantitative estimate of drug-likeness (QED) is 0.0456. The van der Waals surface area contributed by atoms with E-state index in [-0.39, 0.29) is 11.9 Å². The van der Waals surface area contributed by atoms with Gasteiger partial charge in [0.1, 0.15) is 0 Å². The van der Waals surface area contributed by atoms with Crippen molar-refractivity contribution < 1.29 is 19.1 Å². The maximum absolute atomic E-state index is 12.4. The third-order valence-corrected chi connectivity index (χ3v) is 12.4. The van der Waals surface area contributed by atoms with Crippen LogP contribution >= 0.6 is 0 Å². The van der Waals surface area contributed by atoms with Crippen molar-refractivity contribution in [2.75, 3.05) is 53.0 Å². The highest BCUT2D eigenvalue weighted by molar-refractivity contribution is 5.70. The Labute approximate surface area is 343 Å². The first-order valence-electron chi connectivity index (χ1n) is 24.6. The van der Waals surface area contributed by atoms with E-state index in [2.05, 4.69) is 44.5 Å². The fraction of sp³-hybridized carbons (Fsp3) is 0.959. The highest BCUT2D eigenvalue weighted by atomic mass is 16.5. The van der Waals surface area contributed by atoms with Gasteiger partial charge in [0.05, 0.1) is 13.2 Å². The van der Waals surface area contributed by atoms with Crippen molar-refractivity contribution in [1.82, 2.24) is 9.80 Å². The van der Waals surface area contributed by atoms with Crippen LogP contribution in [-0.4, -0.2) is 74.7 Å². The topological polar surface area (TPSA) is 59.1 Å². The van der Waals surface area contributed by atoms with Crippen molar-refractivity contribution in [2.45, 2.75) is 233 Å². The van der Waals surface area contributed by atoms with Crippen LogP contribution in [0.25, 0.3) is 0 Å². The fourth-order valence-corrected chi connectivity index (χ4v) is 8.54. The number of carbonyl (C=O) groups is 2. The van der Waals surface area contributed by atoms with Crippen LogP contribution in [0, 0.1) is 17.8 Å². The molecule has 0 N–H and O–H groups in total. The minimum Gasteiger partial charge on any atom is -0.466 e. The number of esters is 2. The lowest BCUT2D eigenvalue weighted by Gasteiger charge is -2.34. The molecule has 6 nitrogen and oxygen atoms in total. The molecule has 0 bridgehead atoms. The first kappa shape index (κ1) is 51.9. The number of carbonyl (C=O) groups excluding carboxylic acids is 2. The minimum atomic E-state index is 0.0332. The van der Waals surface area contributed by atoms with E-state index in [9.17, 15) is 9.59 Å². The van der Waals surface area contributed by atoms with Crippen LogP contribution in [0.15, 0.2) is 0 Å². The Kier molecular flexibility index (Phi) is 36.2. The second-order valence-corrected chi connectivity index (χ2v) is 17.9. The summed E-state index contributed by atoms with van der Waals surface area (Å²) >= 11 is 0. The van der Waals surface area contributed by atoms with Gasteiger partial charge in [-0.2, -0.15) is 0 Å². The van der Waals surface area contributed by atoms with Crippen molar-refractivity contribution in [3.8, 4) is 0 Å². The van der Waals surface area contributed by atoms with E-state index in [0.717, 1.165) is 18.8 Å². The summed E-state index contributed by atoms with van der Waals surface area (Å²) in [6.45, 7) is 16.4. The zero-order valence-corrected chi connectivity index (χ0v) is 37.8. The van der Waals surface area contributed by atoms with Crippen molar-refractivity contribution in [3.05, 3.63) is 0 Å². The van der Waals surface area contributed by atoms with Gasteiger partial charge in [-0.25, -0.2) is 0 Å². The number of nitrogens with zero attached hydrogens (tertiary/aromatic N) is 2. The summed E-state index contributed by atoms with van der Waals surface area (Å²) in [4.78, 5) is 30.0. The Balaban J connectivity index is 2.13. The Morgan fingerprint density at radius 2 is 0.727 bits per heavy atom. The molecule has 0 saturated carbocycles. The fourth-order valence-electron chi connectivity index (χ4n) is 8.54. The molecular formula is C49H96N2O4. The van der Waals surface area contributed by atoms with Gasteiger partial charge in [-0.1, -0.05) is 169 Å². The van der Waals surface area contributed by atoms with E-state index in [0.29, 0.717) is 37.9 Å². The molecule has 326 valence electrons. The lowest BCUT2D eigenvalue weighted by atomic mass is 9.93. The molecule has 1 heterocycles. The number of piperazine rings is 1. The molecule has 0 spiro atoms. The number of likely N-dealkylation sites (N-methyl/N-ethyl adjacent to an activating group) is 1. The predicted octanol–water partition coefficient (Wildman–Crippen LogP) is 13.7. The standard InChI is InChI=1S/C49H96N2O4/c1-6-10-30-45(31-11-7-2)42-48(52)54-40-28-24-20-16-14-18-22-26-34-47(44-51-38-36-50(5)37-39-51)35-27-23-19-15-17-21-25-29-41-55-49(53)43-46(32-12-8-3)33-13-9-4/h45-47H,6-44H2,1-5H3. The Bertz CT molecular complexity index is 773. The molecule has 1 saturated heterocycles. The van der Waals surface area contributed by atoms with E-state index in [1.807, 2.05) is 0 Å². The van der Waals surface area contributed by atoms with Gasteiger partial charge in [0, 0.05) is 45.6 Å². The summed E-state index contributed by atoms with van der Waals surface area (Å²) in [6, 6.07) is 0. The Morgan fingerprint density at radius 1 is 0.418 bits per heavy atom. The molecule has 0 atom stereocenters. The second-order valence-electron chi connectivity index (χ2n) is 17.9. The van der Waals surface area contributed by atoms with Crippen molar-refractivity contribution in [2.24, 2.45) is 17.8 Å². The van der Waals surface area contributed by atoms with Gasteiger partial charge < -0.3 is 19.3 Å². The smallest absolute Gasteiger partial charge is 0.306 e. The van der Waals surface area contributed by atoms with Crippen LogP contribution in [0.4, 0.5) is 0 Å². The average molecular weight is 777 g/mol. The molecule has 1 aliphatic heterocycles. The van der Waals surface area contributed by atoms with Gasteiger partial charge >= 0.3 is 11.9 Å². The lowest BCUT2D eigenvalue weighted by Crippen LogP contribution is -2.46. The largest absolute Gasteiger partial charge is 0.466 e. The number of hydrogen-bond donors (Lipinski definition) is 0. The maximum Gasteiger partial charge on any atom is 0.306 e. The molecule has 55 heavy (non-hydrogen) atoms. The van der Waals surface area contributed by atoms with Gasteiger partial charge in [0.25, 0.3) is 0 Å².